The first-order chi connectivity index (χ1) is 7.24. The van der Waals surface area contributed by atoms with Gasteiger partial charge >= 0.3 is 0 Å². The predicted octanol–water partition coefficient (Wildman–Crippen LogP) is 0.926. The quantitative estimate of drug-likeness (QED) is 0.678. The molecular weight excluding hydrogens is 192 g/mol. The number of ether oxygens (including phenoxy) is 1. The zero-order valence-electron chi connectivity index (χ0n) is 8.98. The summed E-state index contributed by atoms with van der Waals surface area (Å²) in [6, 6.07) is 2.49. The third-order valence-electron chi connectivity index (χ3n) is 3.47. The summed E-state index contributed by atoms with van der Waals surface area (Å²) >= 11 is 0. The lowest BCUT2D eigenvalue weighted by Crippen LogP contribution is -2.35. The summed E-state index contributed by atoms with van der Waals surface area (Å²) in [5.41, 5.74) is 0. The molecule has 3 unspecified atom stereocenters. The third kappa shape index (κ3) is 1.98. The van der Waals surface area contributed by atoms with Gasteiger partial charge in [0.05, 0.1) is 18.1 Å². The van der Waals surface area contributed by atoms with Crippen molar-refractivity contribution in [2.24, 2.45) is 5.92 Å². The van der Waals surface area contributed by atoms with Gasteiger partial charge in [0.2, 0.25) is 5.91 Å². The van der Waals surface area contributed by atoms with Gasteiger partial charge in [0.1, 0.15) is 0 Å². The van der Waals surface area contributed by atoms with E-state index >= 15 is 0 Å². The molecule has 4 heteroatoms. The molecule has 1 saturated heterocycles. The topological polar surface area (TPSA) is 53.3 Å². The number of amides is 1. The minimum atomic E-state index is -0.0981. The Morgan fingerprint density at radius 1 is 1.53 bits per heavy atom. The van der Waals surface area contributed by atoms with E-state index in [1.165, 1.54) is 0 Å². The number of rotatable bonds is 2. The van der Waals surface area contributed by atoms with Gasteiger partial charge in [-0.3, -0.25) is 4.79 Å². The Bertz CT molecular complexity index is 297. The monoisotopic (exact) mass is 208 g/mol. The highest BCUT2D eigenvalue weighted by molar-refractivity contribution is 5.79. The van der Waals surface area contributed by atoms with E-state index in [1.54, 1.807) is 7.11 Å². The third-order valence-corrected chi connectivity index (χ3v) is 3.47. The smallest absolute Gasteiger partial charge is 0.224 e. The molecule has 4 nitrogen and oxygen atoms in total. The van der Waals surface area contributed by atoms with Crippen molar-refractivity contribution in [1.82, 2.24) is 4.90 Å². The summed E-state index contributed by atoms with van der Waals surface area (Å²) in [7, 11) is 1.72. The minimum Gasteiger partial charge on any atom is -0.381 e. The van der Waals surface area contributed by atoms with Crippen molar-refractivity contribution >= 4 is 5.91 Å². The molecule has 0 aromatic heterocycles. The number of carbonyl (C=O) groups excluding carboxylic acids is 1. The molecule has 0 N–H and O–H groups in total. The normalized spacial score (nSPS) is 35.9. The van der Waals surface area contributed by atoms with Gasteiger partial charge in [0, 0.05) is 26.1 Å². The number of nitrogens with zero attached hydrogens (tertiary/aromatic N) is 2. The van der Waals surface area contributed by atoms with E-state index in [1.807, 2.05) is 4.90 Å². The van der Waals surface area contributed by atoms with Crippen LogP contribution < -0.4 is 0 Å². The van der Waals surface area contributed by atoms with Crippen LogP contribution in [0.1, 0.15) is 25.7 Å². The van der Waals surface area contributed by atoms with Crippen molar-refractivity contribution in [3.63, 3.8) is 0 Å². The Morgan fingerprint density at radius 3 is 2.87 bits per heavy atom. The van der Waals surface area contributed by atoms with Gasteiger partial charge < -0.3 is 9.64 Å². The Balaban J connectivity index is 1.95. The van der Waals surface area contributed by atoms with Crippen LogP contribution in [0.25, 0.3) is 0 Å². The maximum Gasteiger partial charge on any atom is 0.224 e. The molecule has 1 aliphatic carbocycles. The van der Waals surface area contributed by atoms with E-state index in [0.717, 1.165) is 19.3 Å². The molecule has 1 aliphatic heterocycles. The molecule has 82 valence electrons. The summed E-state index contributed by atoms with van der Waals surface area (Å²) in [4.78, 5) is 13.5. The fourth-order valence-electron chi connectivity index (χ4n) is 2.59. The molecule has 2 aliphatic rings. The van der Waals surface area contributed by atoms with Crippen LogP contribution >= 0.6 is 0 Å². The van der Waals surface area contributed by atoms with Gasteiger partial charge in [-0.05, 0) is 19.3 Å². The number of methoxy groups -OCH3 is 1. The molecule has 0 aromatic carbocycles. The fraction of sp³-hybridized carbons (Fsp3) is 0.818. The van der Waals surface area contributed by atoms with Crippen LogP contribution in [0, 0.1) is 17.2 Å². The Labute approximate surface area is 89.8 Å². The molecule has 1 heterocycles. The summed E-state index contributed by atoms with van der Waals surface area (Å²) in [5.74, 6) is 0.0439. The molecule has 0 spiro atoms. The number of likely N-dealkylation sites (tertiary alicyclic amines) is 1. The Kier molecular flexibility index (Phi) is 2.92. The summed E-state index contributed by atoms with van der Waals surface area (Å²) in [6.07, 6.45) is 3.68. The average molecular weight is 208 g/mol. The standard InChI is InChI=1S/C11H16N2O2/c1-15-10-3-2-9(5-10)13-7-8(6-12)4-11(13)14/h8-10H,2-5,7H2,1H3. The lowest BCUT2D eigenvalue weighted by atomic mass is 10.1. The van der Waals surface area contributed by atoms with E-state index in [2.05, 4.69) is 6.07 Å². The summed E-state index contributed by atoms with van der Waals surface area (Å²) in [5, 5.41) is 8.79. The molecule has 0 radical (unpaired) electrons. The van der Waals surface area contributed by atoms with Gasteiger partial charge in [0.25, 0.3) is 0 Å². The number of carbonyl (C=O) groups is 1. The number of hydrogen-bond donors (Lipinski definition) is 0. The van der Waals surface area contributed by atoms with E-state index in [-0.39, 0.29) is 11.8 Å². The highest BCUT2D eigenvalue weighted by atomic mass is 16.5. The highest BCUT2D eigenvalue weighted by Gasteiger charge is 2.37. The molecule has 15 heavy (non-hydrogen) atoms. The average Bonchev–Trinajstić information content (AvgIpc) is 2.83. The zero-order chi connectivity index (χ0) is 10.8. The second-order valence-electron chi connectivity index (χ2n) is 4.40. The van der Waals surface area contributed by atoms with Crippen LogP contribution in [0.3, 0.4) is 0 Å². The maximum absolute atomic E-state index is 11.7. The van der Waals surface area contributed by atoms with E-state index < -0.39 is 0 Å². The van der Waals surface area contributed by atoms with Crippen LogP contribution in [0.2, 0.25) is 0 Å². The van der Waals surface area contributed by atoms with E-state index in [0.29, 0.717) is 25.1 Å². The molecule has 1 amide bonds. The van der Waals surface area contributed by atoms with Crippen LogP contribution in [0.4, 0.5) is 0 Å². The Hall–Kier alpha value is -1.08. The second-order valence-corrected chi connectivity index (χ2v) is 4.40. The largest absolute Gasteiger partial charge is 0.381 e. The van der Waals surface area contributed by atoms with Crippen molar-refractivity contribution in [2.45, 2.75) is 37.8 Å². The first-order valence-electron chi connectivity index (χ1n) is 5.46. The first kappa shape index (κ1) is 10.4. The molecule has 1 saturated carbocycles. The number of nitriles is 1. The molecule has 3 atom stereocenters. The highest BCUT2D eigenvalue weighted by Crippen LogP contribution is 2.30. The van der Waals surface area contributed by atoms with Crippen LogP contribution in [-0.2, 0) is 9.53 Å². The maximum atomic E-state index is 11.7. The van der Waals surface area contributed by atoms with Gasteiger partial charge in [-0.15, -0.1) is 0 Å². The van der Waals surface area contributed by atoms with Crippen molar-refractivity contribution in [2.75, 3.05) is 13.7 Å². The molecule has 0 bridgehead atoms. The second kappa shape index (κ2) is 4.19. The van der Waals surface area contributed by atoms with E-state index in [9.17, 15) is 4.79 Å². The van der Waals surface area contributed by atoms with Crippen LogP contribution in [0.15, 0.2) is 0 Å². The molecule has 2 rings (SSSR count). The lowest BCUT2D eigenvalue weighted by Gasteiger charge is -2.23. The SMILES string of the molecule is COC1CCC(N2CC(C#N)CC2=O)C1. The molecule has 2 fully saturated rings. The van der Waals surface area contributed by atoms with Crippen molar-refractivity contribution < 1.29 is 9.53 Å². The van der Waals surface area contributed by atoms with Gasteiger partial charge in [0.15, 0.2) is 0 Å². The van der Waals surface area contributed by atoms with Crippen molar-refractivity contribution in [3.8, 4) is 6.07 Å². The van der Waals surface area contributed by atoms with Gasteiger partial charge in [-0.25, -0.2) is 0 Å². The lowest BCUT2D eigenvalue weighted by molar-refractivity contribution is -0.129. The van der Waals surface area contributed by atoms with Crippen molar-refractivity contribution in [3.05, 3.63) is 0 Å². The fourth-order valence-corrected chi connectivity index (χ4v) is 2.59. The predicted molar refractivity (Wildman–Crippen MR) is 53.9 cm³/mol. The minimum absolute atomic E-state index is 0.0981. The summed E-state index contributed by atoms with van der Waals surface area (Å²) in [6.45, 7) is 0.621. The zero-order valence-corrected chi connectivity index (χ0v) is 8.98. The van der Waals surface area contributed by atoms with E-state index in [4.69, 9.17) is 10.00 Å². The van der Waals surface area contributed by atoms with Crippen LogP contribution in [-0.4, -0.2) is 36.6 Å². The van der Waals surface area contributed by atoms with Crippen LogP contribution in [0.5, 0.6) is 0 Å². The Morgan fingerprint density at radius 2 is 2.33 bits per heavy atom. The van der Waals surface area contributed by atoms with Crippen molar-refractivity contribution in [1.29, 1.82) is 5.26 Å². The summed E-state index contributed by atoms with van der Waals surface area (Å²) < 4.78 is 5.29. The van der Waals surface area contributed by atoms with Gasteiger partial charge in [-0.2, -0.15) is 5.26 Å². The van der Waals surface area contributed by atoms with Gasteiger partial charge in [-0.1, -0.05) is 0 Å². The molecule has 0 aromatic rings. The number of hydrogen-bond acceptors (Lipinski definition) is 3. The molecular formula is C11H16N2O2. The first-order valence-corrected chi connectivity index (χ1v) is 5.46.